The maximum Gasteiger partial charge on any atom is 0.204 e. The molecule has 0 aromatic heterocycles. The number of aliphatic imine (C=N–C) groups is 1. The van der Waals surface area contributed by atoms with Crippen LogP contribution < -0.4 is 0 Å². The minimum absolute atomic E-state index is 0.535. The Morgan fingerprint density at radius 3 is 1.81 bits per heavy atom. The minimum Gasteiger partial charge on any atom is -0.388 e. The molecule has 8 heteroatoms. The van der Waals surface area contributed by atoms with Crippen LogP contribution in [0.15, 0.2) is 34.4 Å². The number of hydrogen-bond acceptors (Lipinski definition) is 2. The first kappa shape index (κ1) is 20.5. The Kier molecular flexibility index (Phi) is 5.98. The number of benzene rings is 2. The summed E-state index contributed by atoms with van der Waals surface area (Å²) in [6.07, 6.45) is 1.18. The fourth-order valence-corrected chi connectivity index (χ4v) is 1.90. The van der Waals surface area contributed by atoms with E-state index < -0.39 is 46.1 Å². The van der Waals surface area contributed by atoms with Crippen molar-refractivity contribution in [1.29, 1.82) is 0 Å². The second-order valence-electron chi connectivity index (χ2n) is 6.73. The molecule has 27 heavy (non-hydrogen) atoms. The third-order valence-electron chi connectivity index (χ3n) is 3.25. The smallest absolute Gasteiger partial charge is 0.204 e. The molecular weight excluding hydrogens is 367 g/mol. The Morgan fingerprint density at radius 1 is 0.852 bits per heavy atom. The number of hydrogen-bond donors (Lipinski definition) is 0. The van der Waals surface area contributed by atoms with Gasteiger partial charge in [0.2, 0.25) is 11.7 Å². The lowest BCUT2D eigenvalue weighted by Gasteiger charge is -2.16. The van der Waals surface area contributed by atoms with E-state index in [1.54, 1.807) is 45.0 Å². The van der Waals surface area contributed by atoms with Gasteiger partial charge >= 0.3 is 0 Å². The topological polar surface area (TPSA) is 34.0 Å². The first-order valence-electron chi connectivity index (χ1n) is 7.90. The number of oxime groups is 1. The molecule has 0 amide bonds. The second-order valence-corrected chi connectivity index (χ2v) is 6.73. The normalized spacial score (nSPS) is 12.7. The maximum absolute atomic E-state index is 14.1. The number of halogens is 5. The highest BCUT2D eigenvalue weighted by molar-refractivity contribution is 6.05. The van der Waals surface area contributed by atoms with Crippen LogP contribution in [0, 0.1) is 36.0 Å². The summed E-state index contributed by atoms with van der Waals surface area (Å²) in [7, 11) is 0. The fraction of sp³-hybridized carbons (Fsp3) is 0.263. The molecule has 0 atom stereocenters. The van der Waals surface area contributed by atoms with Gasteiger partial charge in [-0.2, -0.15) is 0 Å². The maximum atomic E-state index is 14.1. The van der Waals surface area contributed by atoms with Gasteiger partial charge in [-0.25, -0.2) is 26.9 Å². The molecule has 0 unspecified atom stereocenters. The van der Waals surface area contributed by atoms with E-state index in [4.69, 9.17) is 4.84 Å². The van der Waals surface area contributed by atoms with Gasteiger partial charge < -0.3 is 4.84 Å². The summed E-state index contributed by atoms with van der Waals surface area (Å²) < 4.78 is 68.6. The monoisotopic (exact) mass is 384 g/mol. The third-order valence-corrected chi connectivity index (χ3v) is 3.25. The van der Waals surface area contributed by atoms with Crippen LogP contribution >= 0.6 is 0 Å². The molecule has 0 aliphatic rings. The van der Waals surface area contributed by atoms with E-state index in [2.05, 4.69) is 10.1 Å². The Balaban J connectivity index is 2.59. The molecule has 144 valence electrons. The zero-order valence-corrected chi connectivity index (χ0v) is 15.1. The Labute approximate surface area is 153 Å². The van der Waals surface area contributed by atoms with Crippen molar-refractivity contribution in [3.05, 3.63) is 70.0 Å². The molecule has 2 aromatic carbocycles. The van der Waals surface area contributed by atoms with Crippen molar-refractivity contribution in [3.8, 4) is 0 Å². The van der Waals surface area contributed by atoms with Gasteiger partial charge in [-0.05, 0) is 33.3 Å². The quantitative estimate of drug-likeness (QED) is 0.177. The van der Waals surface area contributed by atoms with Crippen LogP contribution in [0.1, 0.15) is 37.5 Å². The molecule has 2 aromatic rings. The highest BCUT2D eigenvalue weighted by atomic mass is 19.2. The van der Waals surface area contributed by atoms with Crippen molar-refractivity contribution in [2.45, 2.75) is 33.3 Å². The largest absolute Gasteiger partial charge is 0.388 e. The lowest BCUT2D eigenvalue weighted by molar-refractivity contribution is 0.000780. The number of rotatable bonds is 3. The number of aryl methyl sites for hydroxylation is 1. The summed E-state index contributed by atoms with van der Waals surface area (Å²) in [6.45, 7) is 6.64. The van der Waals surface area contributed by atoms with Gasteiger partial charge in [-0.3, -0.25) is 0 Å². The van der Waals surface area contributed by atoms with Crippen LogP contribution in [-0.4, -0.2) is 17.7 Å². The van der Waals surface area contributed by atoms with Gasteiger partial charge in [0.1, 0.15) is 11.2 Å². The van der Waals surface area contributed by atoms with E-state index in [1.165, 1.54) is 6.21 Å². The van der Waals surface area contributed by atoms with Gasteiger partial charge in [0, 0.05) is 6.21 Å². The molecule has 0 saturated carbocycles. The highest BCUT2D eigenvalue weighted by Gasteiger charge is 2.29. The summed E-state index contributed by atoms with van der Waals surface area (Å²) in [5.41, 5.74) is -0.641. The second kappa shape index (κ2) is 7.85. The Hall–Kier alpha value is -2.77. The molecule has 2 rings (SSSR count). The van der Waals surface area contributed by atoms with Crippen molar-refractivity contribution in [2.75, 3.05) is 0 Å². The van der Waals surface area contributed by atoms with Gasteiger partial charge in [-0.15, -0.1) is 0 Å². The molecule has 0 N–H and O–H groups in total. The summed E-state index contributed by atoms with van der Waals surface area (Å²) in [6, 6.07) is 6.86. The molecule has 0 bridgehead atoms. The SMILES string of the molecule is Cc1ccc(C=N/C(=N/OC(C)(C)C)c2c(F)c(F)c(F)c(F)c2F)cc1. The zero-order chi connectivity index (χ0) is 20.4. The molecule has 0 spiro atoms. The molecular formula is C19H17F5N2O. The van der Waals surface area contributed by atoms with E-state index in [0.717, 1.165) is 5.56 Å². The lowest BCUT2D eigenvalue weighted by atomic mass is 10.1. The van der Waals surface area contributed by atoms with E-state index in [9.17, 15) is 22.0 Å². The average molecular weight is 384 g/mol. The molecule has 0 aliphatic carbocycles. The van der Waals surface area contributed by atoms with Crippen molar-refractivity contribution < 1.29 is 26.8 Å². The van der Waals surface area contributed by atoms with Crippen LogP contribution in [0.5, 0.6) is 0 Å². The standard InChI is InChI=1S/C19H17F5N2O/c1-10-5-7-11(8-6-10)9-25-18(26-27-19(2,3)4)12-13(20)15(22)17(24)16(23)14(12)21/h5-9H,1-4H3/b25-9?,26-18+. The first-order valence-corrected chi connectivity index (χ1v) is 7.90. The predicted octanol–water partition coefficient (Wildman–Crippen LogP) is 5.29. The van der Waals surface area contributed by atoms with Crippen LogP contribution in [0.3, 0.4) is 0 Å². The zero-order valence-electron chi connectivity index (χ0n) is 15.1. The summed E-state index contributed by atoms with van der Waals surface area (Å²) in [5, 5.41) is 3.51. The van der Waals surface area contributed by atoms with Gasteiger partial charge in [0.05, 0.1) is 0 Å². The summed E-state index contributed by atoms with van der Waals surface area (Å²) >= 11 is 0. The predicted molar refractivity (Wildman–Crippen MR) is 92.4 cm³/mol. The van der Waals surface area contributed by atoms with Crippen molar-refractivity contribution in [2.24, 2.45) is 10.1 Å². The third kappa shape index (κ3) is 4.90. The van der Waals surface area contributed by atoms with Crippen molar-refractivity contribution in [1.82, 2.24) is 0 Å². The lowest BCUT2D eigenvalue weighted by Crippen LogP contribution is -2.18. The fourth-order valence-electron chi connectivity index (χ4n) is 1.90. The molecule has 0 radical (unpaired) electrons. The Bertz CT molecular complexity index is 871. The number of amidine groups is 1. The number of nitrogens with zero attached hydrogens (tertiary/aromatic N) is 2. The molecule has 0 fully saturated rings. The van der Waals surface area contributed by atoms with Crippen molar-refractivity contribution in [3.63, 3.8) is 0 Å². The van der Waals surface area contributed by atoms with Gasteiger partial charge in [0.15, 0.2) is 23.3 Å². The van der Waals surface area contributed by atoms with Crippen LogP contribution in [0.4, 0.5) is 22.0 Å². The summed E-state index contributed by atoms with van der Waals surface area (Å²) in [5.74, 6) is -11.3. The molecule has 3 nitrogen and oxygen atoms in total. The Morgan fingerprint density at radius 2 is 1.33 bits per heavy atom. The van der Waals surface area contributed by atoms with E-state index >= 15 is 0 Å². The van der Waals surface area contributed by atoms with Crippen molar-refractivity contribution >= 4 is 12.1 Å². The highest BCUT2D eigenvalue weighted by Crippen LogP contribution is 2.24. The summed E-state index contributed by atoms with van der Waals surface area (Å²) in [4.78, 5) is 8.87. The molecule has 0 heterocycles. The van der Waals surface area contributed by atoms with Gasteiger partial charge in [0.25, 0.3) is 0 Å². The minimum atomic E-state index is -2.26. The van der Waals surface area contributed by atoms with Crippen LogP contribution in [0.25, 0.3) is 0 Å². The van der Waals surface area contributed by atoms with E-state index in [0.29, 0.717) is 5.56 Å². The van der Waals surface area contributed by atoms with E-state index in [-0.39, 0.29) is 0 Å². The van der Waals surface area contributed by atoms with Crippen LogP contribution in [-0.2, 0) is 4.84 Å². The molecule has 0 saturated heterocycles. The molecule has 0 aliphatic heterocycles. The van der Waals surface area contributed by atoms with Gasteiger partial charge in [-0.1, -0.05) is 35.0 Å². The van der Waals surface area contributed by atoms with Crippen LogP contribution in [0.2, 0.25) is 0 Å². The average Bonchev–Trinajstić information content (AvgIpc) is 2.60. The first-order chi connectivity index (χ1) is 12.5. The van der Waals surface area contributed by atoms with E-state index in [1.807, 2.05) is 6.92 Å².